The Balaban J connectivity index is 0. The van der Waals surface area contributed by atoms with Gasteiger partial charge in [-0.1, -0.05) is 0 Å². The fourth-order valence-corrected chi connectivity index (χ4v) is 0. The van der Waals surface area contributed by atoms with Gasteiger partial charge in [-0.3, -0.25) is 0 Å². The maximum Gasteiger partial charge on any atom is 0.618 e. The fraction of sp³-hybridized carbons (Fsp3) is 0. The number of carboxylic acid groups (broad SMARTS) is 2. The van der Waals surface area contributed by atoms with E-state index in [4.69, 9.17) is 33.2 Å². The van der Waals surface area contributed by atoms with Crippen LogP contribution in [0.2, 0.25) is 0 Å². The van der Waals surface area contributed by atoms with E-state index in [1.54, 1.807) is 0 Å². The van der Waals surface area contributed by atoms with Gasteiger partial charge in [-0.25, -0.2) is 4.79 Å². The first-order chi connectivity index (χ1) is 3.15. The molecule has 0 aromatic rings. The van der Waals surface area contributed by atoms with Gasteiger partial charge in [-0.2, -0.15) is 0 Å². The molecule has 40 valence electrons. The highest BCUT2D eigenvalue weighted by Crippen LogP contribution is 1.67. The quantitative estimate of drug-likeness (QED) is 0.520. The molecule has 0 heterocycles. The van der Waals surface area contributed by atoms with Gasteiger partial charge in [-0.05, 0) is 0 Å². The zero-order valence-electron chi connectivity index (χ0n) is 3.27. The highest BCUT2D eigenvalue weighted by atomic mass is 35.6. The Morgan fingerprint density at radius 1 is 1.43 bits per heavy atom. The largest absolute Gasteiger partial charge is 0.618 e. The molecular formula is CH2Cl2MgO3. The Bertz CT molecular complexity index is 44.2. The lowest BCUT2D eigenvalue weighted by molar-refractivity contribution is 0.137. The van der Waals surface area contributed by atoms with Crippen LogP contribution in [0.5, 0.6) is 0 Å². The predicted molar refractivity (Wildman–Crippen MR) is 28.1 cm³/mol. The van der Waals surface area contributed by atoms with Crippen LogP contribution in [0.15, 0.2) is 0 Å². The van der Waals surface area contributed by atoms with Crippen molar-refractivity contribution in [1.82, 2.24) is 0 Å². The summed E-state index contributed by atoms with van der Waals surface area (Å²) in [5.41, 5.74) is 0. The van der Waals surface area contributed by atoms with Crippen LogP contribution in [0, 0.1) is 0 Å². The number of hydrogen-bond acceptors (Lipinski definition) is 1. The van der Waals surface area contributed by atoms with Crippen molar-refractivity contribution in [2.24, 2.45) is 0 Å². The van der Waals surface area contributed by atoms with Gasteiger partial charge >= 0.3 is 24.3 Å². The smallest absolute Gasteiger partial charge is 0.450 e. The third-order valence-corrected chi connectivity index (χ3v) is 0. The van der Waals surface area contributed by atoms with Crippen molar-refractivity contribution in [2.45, 2.75) is 0 Å². The van der Waals surface area contributed by atoms with Crippen molar-refractivity contribution >= 4 is 42.5 Å². The molecule has 0 radical (unpaired) electrons. The highest BCUT2D eigenvalue weighted by Gasteiger charge is 1.70. The Kier molecular flexibility index (Phi) is 14.8. The molecule has 0 atom stereocenters. The van der Waals surface area contributed by atoms with Gasteiger partial charge in [-0.15, -0.1) is 0 Å². The van der Waals surface area contributed by atoms with Crippen LogP contribution >= 0.6 is 18.1 Å². The molecule has 6 heteroatoms. The summed E-state index contributed by atoms with van der Waals surface area (Å²) in [6.45, 7) is 0. The SMILES string of the molecule is O=C(O)O.[Cl][Mg][Cl]. The summed E-state index contributed by atoms with van der Waals surface area (Å²) in [4.78, 5) is 8.56. The van der Waals surface area contributed by atoms with E-state index in [1.165, 1.54) is 0 Å². The molecule has 0 aliphatic heterocycles. The van der Waals surface area contributed by atoms with Gasteiger partial charge < -0.3 is 28.4 Å². The standard InChI is InChI=1S/CH2O3.2ClH.Mg/c2-1(3)4;;;/h(H2,2,3,4);2*1H;/q;;;+2/p-2. The molecule has 0 aliphatic rings. The maximum absolute atomic E-state index is 8.56. The third-order valence-electron chi connectivity index (χ3n) is 0. The van der Waals surface area contributed by atoms with E-state index in [0.717, 1.165) is 0 Å². The van der Waals surface area contributed by atoms with Crippen LogP contribution < -0.4 is 0 Å². The number of hydrogen-bond donors (Lipinski definition) is 2. The lowest BCUT2D eigenvalue weighted by atomic mass is 11.5. The first kappa shape index (κ1) is 10.6. The molecule has 0 rings (SSSR count). The summed E-state index contributed by atoms with van der Waals surface area (Å²) in [5.74, 6) is 0. The molecule has 0 saturated carbocycles. The van der Waals surface area contributed by atoms with Crippen LogP contribution in [0.3, 0.4) is 0 Å². The molecule has 3 nitrogen and oxygen atoms in total. The van der Waals surface area contributed by atoms with Gasteiger partial charge in [0.2, 0.25) is 0 Å². The second-order valence-electron chi connectivity index (χ2n) is 0.384. The van der Waals surface area contributed by atoms with E-state index < -0.39 is 24.3 Å². The molecule has 0 spiro atoms. The molecule has 0 aromatic heterocycles. The zero-order chi connectivity index (χ0) is 6.28. The predicted octanol–water partition coefficient (Wildman–Crippen LogP) is 1.22. The Morgan fingerprint density at radius 2 is 1.43 bits per heavy atom. The summed E-state index contributed by atoms with van der Waals surface area (Å²) in [5, 5.41) is 13.9. The summed E-state index contributed by atoms with van der Waals surface area (Å²) in [6, 6.07) is 0. The molecule has 0 aromatic carbocycles. The van der Waals surface area contributed by atoms with E-state index in [9.17, 15) is 0 Å². The molecule has 0 aliphatic carbocycles. The monoisotopic (exact) mass is 156 g/mol. The third kappa shape index (κ3) is 371. The minimum atomic E-state index is -1.83. The molecule has 0 unspecified atom stereocenters. The fourth-order valence-electron chi connectivity index (χ4n) is 0. The van der Waals surface area contributed by atoms with E-state index in [0.29, 0.717) is 0 Å². The first-order valence-electron chi connectivity index (χ1n) is 1.19. The van der Waals surface area contributed by atoms with Crippen LogP contribution in [0.1, 0.15) is 0 Å². The first-order valence-corrected chi connectivity index (χ1v) is 5.46. The van der Waals surface area contributed by atoms with Crippen molar-refractivity contribution < 1.29 is 15.0 Å². The number of halogens is 2. The zero-order valence-corrected chi connectivity index (χ0v) is 6.19. The lowest BCUT2D eigenvalue weighted by Crippen LogP contribution is -1.81. The van der Waals surface area contributed by atoms with Crippen molar-refractivity contribution in [3.8, 4) is 0 Å². The van der Waals surface area contributed by atoms with Gasteiger partial charge in [0.05, 0.1) is 0 Å². The average Bonchev–Trinajstić information content (AvgIpc) is 1.33. The minimum Gasteiger partial charge on any atom is -0.450 e. The number of carbonyl (C=O) groups is 1. The van der Waals surface area contributed by atoms with Crippen LogP contribution in [0.4, 0.5) is 4.79 Å². The lowest BCUT2D eigenvalue weighted by Gasteiger charge is -1.60. The van der Waals surface area contributed by atoms with E-state index in [-0.39, 0.29) is 0 Å². The second kappa shape index (κ2) is 9.79. The average molecular weight is 157 g/mol. The van der Waals surface area contributed by atoms with E-state index in [1.807, 2.05) is 0 Å². The van der Waals surface area contributed by atoms with Crippen LogP contribution in [-0.2, 0) is 0 Å². The summed E-state index contributed by atoms with van der Waals surface area (Å²) < 4.78 is 0. The molecule has 0 fully saturated rings. The molecule has 0 amide bonds. The van der Waals surface area contributed by atoms with Crippen LogP contribution in [0.25, 0.3) is 0 Å². The van der Waals surface area contributed by atoms with Crippen molar-refractivity contribution in [3.05, 3.63) is 0 Å². The second-order valence-corrected chi connectivity index (χ2v) is 3.01. The summed E-state index contributed by atoms with van der Waals surface area (Å²) in [6.07, 6.45) is -1.83. The Labute approximate surface area is 57.5 Å². The molecule has 0 saturated heterocycles. The van der Waals surface area contributed by atoms with Gasteiger partial charge in [0, 0.05) is 0 Å². The van der Waals surface area contributed by atoms with E-state index >= 15 is 0 Å². The summed E-state index contributed by atoms with van der Waals surface area (Å²) in [7, 11) is 9.81. The molecule has 7 heavy (non-hydrogen) atoms. The normalized spacial score (nSPS) is 4.86. The molecule has 0 bridgehead atoms. The highest BCUT2D eigenvalue weighted by molar-refractivity contribution is 7.22. The van der Waals surface area contributed by atoms with Gasteiger partial charge in [0.1, 0.15) is 0 Å². The molecular weight excluding hydrogens is 155 g/mol. The van der Waals surface area contributed by atoms with Crippen molar-refractivity contribution in [3.63, 3.8) is 0 Å². The Hall–Kier alpha value is 0.616. The maximum atomic E-state index is 8.56. The Morgan fingerprint density at radius 3 is 1.43 bits per heavy atom. The van der Waals surface area contributed by atoms with Gasteiger partial charge in [0.15, 0.2) is 0 Å². The number of rotatable bonds is 0. The van der Waals surface area contributed by atoms with Gasteiger partial charge in [0.25, 0.3) is 0 Å². The van der Waals surface area contributed by atoms with E-state index in [2.05, 4.69) is 0 Å². The summed E-state index contributed by atoms with van der Waals surface area (Å²) >= 11 is -0.639. The van der Waals surface area contributed by atoms with Crippen molar-refractivity contribution in [1.29, 1.82) is 0 Å². The topological polar surface area (TPSA) is 57.5 Å². The van der Waals surface area contributed by atoms with Crippen LogP contribution in [-0.4, -0.2) is 34.5 Å². The van der Waals surface area contributed by atoms with Crippen molar-refractivity contribution in [2.75, 3.05) is 0 Å². The molecule has 2 N–H and O–H groups in total. The minimum absolute atomic E-state index is 0.639.